The molecule has 10 nitrogen and oxygen atoms in total. The first-order valence-electron chi connectivity index (χ1n) is 14.6. The topological polar surface area (TPSA) is 119 Å². The van der Waals surface area contributed by atoms with E-state index in [1.807, 2.05) is 44.2 Å². The maximum Gasteiger partial charge on any atom is 0.475 e. The first-order chi connectivity index (χ1) is 21.0. The number of phosphoric ester groups is 2. The largest absolute Gasteiger partial charge is 0.475 e. The Morgan fingerprint density at radius 3 is 2.02 bits per heavy atom. The Labute approximate surface area is 259 Å². The summed E-state index contributed by atoms with van der Waals surface area (Å²) in [5.74, 6) is -0.813. The number of carbonyl (C=O) groups excluding carboxylic acids is 1. The third-order valence-electron chi connectivity index (χ3n) is 6.55. The fourth-order valence-corrected chi connectivity index (χ4v) is 7.12. The van der Waals surface area contributed by atoms with E-state index >= 15 is 0 Å². The van der Waals surface area contributed by atoms with Gasteiger partial charge in [0.2, 0.25) is 5.91 Å². The van der Waals surface area contributed by atoms with Gasteiger partial charge < -0.3 is 5.32 Å². The summed E-state index contributed by atoms with van der Waals surface area (Å²) >= 11 is 0. The summed E-state index contributed by atoms with van der Waals surface area (Å²) in [7, 11) is -7.98. The van der Waals surface area contributed by atoms with Gasteiger partial charge in [0, 0.05) is 6.54 Å². The van der Waals surface area contributed by atoms with Crippen molar-refractivity contribution in [2.24, 2.45) is 0 Å². The highest BCUT2D eigenvalue weighted by molar-refractivity contribution is 7.48. The number of halogens is 1. The molecule has 1 N–H and O–H groups in total. The third-order valence-corrected chi connectivity index (χ3v) is 9.87. The minimum absolute atomic E-state index is 0.0371. The molecule has 0 bridgehead atoms. The first kappa shape index (κ1) is 36.0. The molecule has 0 heterocycles. The van der Waals surface area contributed by atoms with Gasteiger partial charge >= 0.3 is 15.6 Å². The van der Waals surface area contributed by atoms with Crippen molar-refractivity contribution < 1.29 is 45.5 Å². The minimum Gasteiger partial charge on any atom is -0.353 e. The molecule has 3 rings (SSSR count). The van der Waals surface area contributed by atoms with E-state index in [4.69, 9.17) is 27.1 Å². The summed E-state index contributed by atoms with van der Waals surface area (Å²) in [6.45, 7) is 10.0. The molecule has 1 aliphatic carbocycles. The SMILES string of the molecule is CCOP(=O)(OCC)OCC(CNC(=O)CC1=C(C)/C(=C/c2ccc(C)cc2)c2ccc(F)cc21)OP(=O)(OCC)OCC. The molecule has 242 valence electrons. The number of nitrogens with one attached hydrogen (secondary N) is 1. The van der Waals surface area contributed by atoms with Crippen LogP contribution >= 0.6 is 15.6 Å². The molecule has 0 radical (unpaired) electrons. The number of fused-ring (bicyclic) bond motifs is 1. The predicted octanol–water partition coefficient (Wildman–Crippen LogP) is 7.73. The Kier molecular flexibility index (Phi) is 13.7. The van der Waals surface area contributed by atoms with Crippen molar-refractivity contribution in [3.63, 3.8) is 0 Å². The molecule has 1 unspecified atom stereocenters. The van der Waals surface area contributed by atoms with Crippen molar-refractivity contribution in [1.29, 1.82) is 0 Å². The van der Waals surface area contributed by atoms with E-state index in [9.17, 15) is 18.3 Å². The van der Waals surface area contributed by atoms with E-state index in [1.165, 1.54) is 12.1 Å². The molecular formula is C31H42FNO9P2. The van der Waals surface area contributed by atoms with Gasteiger partial charge in [0.05, 0.1) is 39.5 Å². The first-order valence-corrected chi connectivity index (χ1v) is 17.5. The normalized spacial score (nSPS) is 15.1. The molecule has 0 aromatic heterocycles. The smallest absolute Gasteiger partial charge is 0.353 e. The van der Waals surface area contributed by atoms with Crippen molar-refractivity contribution in [2.75, 3.05) is 39.6 Å². The molecule has 0 saturated carbocycles. The van der Waals surface area contributed by atoms with Crippen LogP contribution < -0.4 is 5.32 Å². The van der Waals surface area contributed by atoms with Gasteiger partial charge in [0.25, 0.3) is 0 Å². The van der Waals surface area contributed by atoms with E-state index in [1.54, 1.807) is 33.8 Å². The summed E-state index contributed by atoms with van der Waals surface area (Å²) in [5.41, 5.74) is 6.02. The van der Waals surface area contributed by atoms with Gasteiger partial charge in [-0.25, -0.2) is 13.5 Å². The number of carbonyl (C=O) groups is 1. The standard InChI is InChI=1S/C31H42FNO9P2/c1-7-37-43(35,38-8-2)41-21-26(42-44(36,39-9-3)40-10-4)20-33-31(34)19-29-23(6)28(17-24-13-11-22(5)12-14-24)27-16-15-25(32)18-30(27)29/h11-18,26H,7-10,19-21H2,1-6H3,(H,33,34)/b28-17-. The van der Waals surface area contributed by atoms with Gasteiger partial charge in [-0.15, -0.1) is 0 Å². The van der Waals surface area contributed by atoms with E-state index in [0.717, 1.165) is 27.8 Å². The second-order valence-electron chi connectivity index (χ2n) is 9.83. The van der Waals surface area contributed by atoms with Gasteiger partial charge in [-0.1, -0.05) is 35.9 Å². The number of aryl methyl sites for hydroxylation is 1. The van der Waals surface area contributed by atoms with Crippen LogP contribution in [0.2, 0.25) is 0 Å². The van der Waals surface area contributed by atoms with Crippen molar-refractivity contribution in [3.8, 4) is 0 Å². The molecule has 0 fully saturated rings. The molecule has 44 heavy (non-hydrogen) atoms. The van der Waals surface area contributed by atoms with Crippen LogP contribution in [0, 0.1) is 12.7 Å². The van der Waals surface area contributed by atoms with E-state index < -0.39 is 40.1 Å². The Balaban J connectivity index is 1.82. The van der Waals surface area contributed by atoms with E-state index in [-0.39, 0.29) is 39.4 Å². The summed E-state index contributed by atoms with van der Waals surface area (Å²) in [5, 5.41) is 2.76. The minimum atomic E-state index is -4.04. The Morgan fingerprint density at radius 2 is 1.43 bits per heavy atom. The number of phosphoric acid groups is 2. The number of rotatable bonds is 18. The molecule has 0 spiro atoms. The van der Waals surface area contributed by atoms with Gasteiger partial charge in [0.15, 0.2) is 0 Å². The second-order valence-corrected chi connectivity index (χ2v) is 13.1. The molecule has 1 atom stereocenters. The molecule has 2 aromatic carbocycles. The van der Waals surface area contributed by atoms with Gasteiger partial charge in [-0.05, 0) is 93.2 Å². The van der Waals surface area contributed by atoms with Crippen LogP contribution in [0.15, 0.2) is 48.0 Å². The van der Waals surface area contributed by atoms with E-state index in [2.05, 4.69) is 5.32 Å². The molecule has 1 aliphatic rings. The maximum atomic E-state index is 14.4. The highest BCUT2D eigenvalue weighted by Gasteiger charge is 2.34. The zero-order chi connectivity index (χ0) is 32.3. The second kappa shape index (κ2) is 16.7. The molecule has 0 aliphatic heterocycles. The van der Waals surface area contributed by atoms with Crippen LogP contribution in [0.3, 0.4) is 0 Å². The maximum absolute atomic E-state index is 14.4. The summed E-state index contributed by atoms with van der Waals surface area (Å²) in [4.78, 5) is 13.3. The lowest BCUT2D eigenvalue weighted by atomic mass is 10.00. The number of hydrogen-bond acceptors (Lipinski definition) is 9. The lowest BCUT2D eigenvalue weighted by Crippen LogP contribution is -2.36. The molecule has 2 aromatic rings. The van der Waals surface area contributed by atoms with Crippen molar-refractivity contribution in [1.82, 2.24) is 5.32 Å². The number of allylic oxidation sites excluding steroid dienone is 2. The average molecular weight is 654 g/mol. The highest BCUT2D eigenvalue weighted by Crippen LogP contribution is 2.52. The lowest BCUT2D eigenvalue weighted by molar-refractivity contribution is -0.120. The lowest BCUT2D eigenvalue weighted by Gasteiger charge is -2.25. The van der Waals surface area contributed by atoms with Crippen LogP contribution in [-0.2, 0) is 41.1 Å². The number of amides is 1. The highest BCUT2D eigenvalue weighted by atomic mass is 31.2. The molecular weight excluding hydrogens is 611 g/mol. The zero-order valence-electron chi connectivity index (χ0n) is 26.1. The fourth-order valence-electron chi connectivity index (χ4n) is 4.59. The van der Waals surface area contributed by atoms with Crippen LogP contribution in [0.25, 0.3) is 17.2 Å². The van der Waals surface area contributed by atoms with E-state index in [0.29, 0.717) is 11.1 Å². The predicted molar refractivity (Wildman–Crippen MR) is 168 cm³/mol. The summed E-state index contributed by atoms with van der Waals surface area (Å²) in [6.07, 6.45) is 0.843. The van der Waals surface area contributed by atoms with Gasteiger partial charge in [-0.3, -0.25) is 31.9 Å². The van der Waals surface area contributed by atoms with Crippen molar-refractivity contribution in [2.45, 2.75) is 54.1 Å². The molecule has 1 amide bonds. The zero-order valence-corrected chi connectivity index (χ0v) is 27.9. The van der Waals surface area contributed by atoms with Crippen LogP contribution in [0.5, 0.6) is 0 Å². The van der Waals surface area contributed by atoms with Crippen molar-refractivity contribution >= 4 is 38.8 Å². The molecule has 13 heteroatoms. The summed E-state index contributed by atoms with van der Waals surface area (Å²) < 4.78 is 72.3. The number of benzene rings is 2. The average Bonchev–Trinajstić information content (AvgIpc) is 3.21. The molecule has 0 saturated heterocycles. The number of hydrogen-bond donors (Lipinski definition) is 1. The Morgan fingerprint density at radius 1 is 0.841 bits per heavy atom. The quantitative estimate of drug-likeness (QED) is 0.161. The van der Waals surface area contributed by atoms with Gasteiger partial charge in [-0.2, -0.15) is 0 Å². The Hall–Kier alpha value is -2.46. The Bertz CT molecular complexity index is 1420. The van der Waals surface area contributed by atoms with Crippen LogP contribution in [0.1, 0.15) is 63.3 Å². The van der Waals surface area contributed by atoms with Crippen LogP contribution in [-0.4, -0.2) is 51.6 Å². The van der Waals surface area contributed by atoms with Crippen molar-refractivity contribution in [3.05, 3.63) is 76.1 Å². The summed E-state index contributed by atoms with van der Waals surface area (Å²) in [6, 6.07) is 12.6. The van der Waals surface area contributed by atoms with Crippen LogP contribution in [0.4, 0.5) is 4.39 Å². The fraction of sp³-hybridized carbons (Fsp3) is 0.452. The van der Waals surface area contributed by atoms with Gasteiger partial charge in [0.1, 0.15) is 11.9 Å². The third kappa shape index (κ3) is 10.0. The monoisotopic (exact) mass is 653 g/mol.